The van der Waals surface area contributed by atoms with Crippen molar-refractivity contribution in [3.05, 3.63) is 0 Å². The van der Waals surface area contributed by atoms with Gasteiger partial charge in [0.1, 0.15) is 0 Å². The summed E-state index contributed by atoms with van der Waals surface area (Å²) in [6.45, 7) is 4.73. The van der Waals surface area contributed by atoms with E-state index in [0.29, 0.717) is 18.3 Å². The van der Waals surface area contributed by atoms with Crippen LogP contribution in [0.25, 0.3) is 0 Å². The average Bonchev–Trinajstić information content (AvgIpc) is 2.56. The minimum absolute atomic E-state index is 0.0267. The molecule has 0 fully saturated rings. The van der Waals surface area contributed by atoms with Gasteiger partial charge in [0.2, 0.25) is 0 Å². The molecule has 0 aliphatic carbocycles. The highest BCUT2D eigenvalue weighted by atomic mass is 16.7. The van der Waals surface area contributed by atoms with Crippen molar-refractivity contribution in [3.63, 3.8) is 0 Å². The van der Waals surface area contributed by atoms with Gasteiger partial charge in [0.25, 0.3) is 11.9 Å². The van der Waals surface area contributed by atoms with E-state index in [1.54, 1.807) is 0 Å². The Morgan fingerprint density at radius 3 is 0.793 bits per heavy atom. The highest BCUT2D eigenvalue weighted by Crippen LogP contribution is 2.30. The molecule has 0 aromatic heterocycles. The second kappa shape index (κ2) is 15.5. The zero-order valence-corrected chi connectivity index (χ0v) is 18.9. The van der Waals surface area contributed by atoms with Crippen LogP contribution in [0.1, 0.15) is 129 Å². The standard InChI is InChI=1S/C23H48O6/c1-21(2,17-13-9-5-3-7-11-15-19-22(24,25)26)18-14-10-6-4-8-12-16-20-23(27,28)29/h24-29H,3-20H2,1-2H3. The van der Waals surface area contributed by atoms with Crippen molar-refractivity contribution < 1.29 is 30.6 Å². The predicted molar refractivity (Wildman–Crippen MR) is 116 cm³/mol. The Balaban J connectivity index is 3.42. The van der Waals surface area contributed by atoms with Gasteiger partial charge in [0, 0.05) is 12.8 Å². The molecule has 0 heterocycles. The lowest BCUT2D eigenvalue weighted by Gasteiger charge is -2.24. The SMILES string of the molecule is CC(C)(CCCCCCCCCC(O)(O)O)CCCCCCCCCC(O)(O)O. The molecule has 29 heavy (non-hydrogen) atoms. The minimum atomic E-state index is -2.50. The minimum Gasteiger partial charge on any atom is -0.344 e. The largest absolute Gasteiger partial charge is 0.344 e. The Hall–Kier alpha value is -0.240. The van der Waals surface area contributed by atoms with Gasteiger partial charge in [-0.25, -0.2) is 0 Å². The lowest BCUT2D eigenvalue weighted by Crippen LogP contribution is -2.26. The molecule has 0 aromatic rings. The van der Waals surface area contributed by atoms with E-state index < -0.39 is 11.9 Å². The molecule has 0 bridgehead atoms. The zero-order valence-electron chi connectivity index (χ0n) is 18.9. The van der Waals surface area contributed by atoms with E-state index in [0.717, 1.165) is 25.7 Å². The molecule has 0 saturated carbocycles. The molecule has 0 aliphatic rings. The summed E-state index contributed by atoms with van der Waals surface area (Å²) in [7, 11) is 0. The molecule has 0 amide bonds. The van der Waals surface area contributed by atoms with Gasteiger partial charge in [-0.3, -0.25) is 0 Å². The van der Waals surface area contributed by atoms with Crippen LogP contribution in [0.4, 0.5) is 0 Å². The molecule has 0 rings (SSSR count). The van der Waals surface area contributed by atoms with Crippen molar-refractivity contribution in [2.45, 2.75) is 141 Å². The van der Waals surface area contributed by atoms with Crippen LogP contribution >= 0.6 is 0 Å². The highest BCUT2D eigenvalue weighted by molar-refractivity contribution is 4.69. The van der Waals surface area contributed by atoms with Gasteiger partial charge >= 0.3 is 0 Å². The molecule has 0 aromatic carbocycles. The van der Waals surface area contributed by atoms with Crippen LogP contribution in [-0.2, 0) is 0 Å². The quantitative estimate of drug-likeness (QED) is 0.129. The van der Waals surface area contributed by atoms with E-state index in [-0.39, 0.29) is 12.8 Å². The summed E-state index contributed by atoms with van der Waals surface area (Å²) in [6.07, 6.45) is 17.7. The molecule has 6 nitrogen and oxygen atoms in total. The maximum Gasteiger partial charge on any atom is 0.275 e. The smallest absolute Gasteiger partial charge is 0.275 e. The summed E-state index contributed by atoms with van der Waals surface area (Å²) in [4.78, 5) is 0. The van der Waals surface area contributed by atoms with Crippen LogP contribution in [0.2, 0.25) is 0 Å². The fourth-order valence-electron chi connectivity index (χ4n) is 3.82. The van der Waals surface area contributed by atoms with E-state index in [9.17, 15) is 0 Å². The summed E-state index contributed by atoms with van der Waals surface area (Å²) in [5.41, 5.74) is 0.402. The third kappa shape index (κ3) is 23.9. The first-order valence-corrected chi connectivity index (χ1v) is 11.8. The highest BCUT2D eigenvalue weighted by Gasteiger charge is 2.18. The van der Waals surface area contributed by atoms with E-state index in [4.69, 9.17) is 30.6 Å². The normalized spacial score (nSPS) is 13.2. The molecule has 0 aliphatic heterocycles. The molecule has 0 atom stereocenters. The first-order chi connectivity index (χ1) is 13.4. The molecule has 0 saturated heterocycles. The number of rotatable bonds is 20. The lowest BCUT2D eigenvalue weighted by atomic mass is 9.82. The van der Waals surface area contributed by atoms with Crippen molar-refractivity contribution in [1.82, 2.24) is 0 Å². The summed E-state index contributed by atoms with van der Waals surface area (Å²) in [5.74, 6) is -5.00. The van der Waals surface area contributed by atoms with Crippen LogP contribution in [-0.4, -0.2) is 42.6 Å². The molecule has 0 spiro atoms. The van der Waals surface area contributed by atoms with Gasteiger partial charge in [0.15, 0.2) is 0 Å². The van der Waals surface area contributed by atoms with Gasteiger partial charge in [0.05, 0.1) is 0 Å². The third-order valence-electron chi connectivity index (χ3n) is 5.73. The summed E-state index contributed by atoms with van der Waals surface area (Å²) >= 11 is 0. The Morgan fingerprint density at radius 2 is 0.552 bits per heavy atom. The molecule has 176 valence electrons. The zero-order chi connectivity index (χ0) is 22.2. The predicted octanol–water partition coefficient (Wildman–Crippen LogP) is 4.30. The average molecular weight is 421 g/mol. The number of unbranched alkanes of at least 4 members (excludes halogenated alkanes) is 12. The van der Waals surface area contributed by atoms with Gasteiger partial charge < -0.3 is 30.6 Å². The van der Waals surface area contributed by atoms with Crippen LogP contribution in [0.3, 0.4) is 0 Å². The van der Waals surface area contributed by atoms with E-state index in [2.05, 4.69) is 13.8 Å². The van der Waals surface area contributed by atoms with E-state index in [1.165, 1.54) is 64.2 Å². The van der Waals surface area contributed by atoms with Crippen molar-refractivity contribution in [2.24, 2.45) is 5.41 Å². The summed E-state index contributed by atoms with van der Waals surface area (Å²) in [5, 5.41) is 52.9. The maximum atomic E-state index is 8.81. The second-order valence-corrected chi connectivity index (χ2v) is 9.66. The third-order valence-corrected chi connectivity index (χ3v) is 5.73. The molecule has 6 heteroatoms. The van der Waals surface area contributed by atoms with Crippen molar-refractivity contribution >= 4 is 0 Å². The Labute approximate surface area is 178 Å². The molecule has 6 N–H and O–H groups in total. The van der Waals surface area contributed by atoms with Crippen LogP contribution < -0.4 is 0 Å². The number of aliphatic hydroxyl groups is 6. The number of hydrogen-bond acceptors (Lipinski definition) is 6. The summed E-state index contributed by atoms with van der Waals surface area (Å²) < 4.78 is 0. The fourth-order valence-corrected chi connectivity index (χ4v) is 3.82. The van der Waals surface area contributed by atoms with Crippen molar-refractivity contribution in [2.75, 3.05) is 0 Å². The van der Waals surface area contributed by atoms with Crippen molar-refractivity contribution in [3.8, 4) is 0 Å². The topological polar surface area (TPSA) is 121 Å². The summed E-state index contributed by atoms with van der Waals surface area (Å²) in [6, 6.07) is 0. The van der Waals surface area contributed by atoms with Crippen LogP contribution in [0.15, 0.2) is 0 Å². The molecular formula is C23H48O6. The van der Waals surface area contributed by atoms with Gasteiger partial charge in [-0.1, -0.05) is 90.9 Å². The lowest BCUT2D eigenvalue weighted by molar-refractivity contribution is -0.316. The Morgan fingerprint density at radius 1 is 0.345 bits per heavy atom. The molecule has 0 radical (unpaired) electrons. The maximum absolute atomic E-state index is 8.81. The van der Waals surface area contributed by atoms with Crippen LogP contribution in [0.5, 0.6) is 0 Å². The fraction of sp³-hybridized carbons (Fsp3) is 1.00. The van der Waals surface area contributed by atoms with E-state index >= 15 is 0 Å². The van der Waals surface area contributed by atoms with Gasteiger partial charge in [-0.15, -0.1) is 0 Å². The van der Waals surface area contributed by atoms with Crippen molar-refractivity contribution in [1.29, 1.82) is 0 Å². The van der Waals surface area contributed by atoms with Gasteiger partial charge in [-0.2, -0.15) is 0 Å². The second-order valence-electron chi connectivity index (χ2n) is 9.66. The number of hydrogen-bond donors (Lipinski definition) is 6. The van der Waals surface area contributed by atoms with Crippen LogP contribution in [0, 0.1) is 5.41 Å². The first kappa shape index (κ1) is 28.8. The monoisotopic (exact) mass is 420 g/mol. The Bertz CT molecular complexity index is 337. The van der Waals surface area contributed by atoms with Gasteiger partial charge in [-0.05, 0) is 31.1 Å². The molecular weight excluding hydrogens is 372 g/mol. The molecule has 0 unspecified atom stereocenters. The first-order valence-electron chi connectivity index (χ1n) is 11.8. The van der Waals surface area contributed by atoms with E-state index in [1.807, 2.05) is 0 Å². The Kier molecular flexibility index (Phi) is 15.4.